The zero-order chi connectivity index (χ0) is 29.1. The lowest BCUT2D eigenvalue weighted by molar-refractivity contribution is -0.196. The Hall–Kier alpha value is -4.57. The Labute approximate surface area is 232 Å². The van der Waals surface area contributed by atoms with Crippen molar-refractivity contribution in [3.8, 4) is 17.2 Å². The van der Waals surface area contributed by atoms with Gasteiger partial charge in [0.25, 0.3) is 0 Å². The Morgan fingerprint density at radius 2 is 1.45 bits per heavy atom. The number of carboxylic acids is 2. The van der Waals surface area contributed by atoms with Crippen LogP contribution in [0.2, 0.25) is 0 Å². The average molecular weight is 552 g/mol. The largest absolute Gasteiger partial charge is 0.496 e. The highest BCUT2D eigenvalue weighted by atomic mass is 16.7. The molecular formula is C30H33NO9. The maximum atomic E-state index is 13.4. The molecule has 3 aromatic rings. The van der Waals surface area contributed by atoms with Gasteiger partial charge in [-0.25, -0.2) is 9.86 Å². The molecule has 0 bridgehead atoms. The molecule has 0 aromatic heterocycles. The summed E-state index contributed by atoms with van der Waals surface area (Å²) in [7, 11) is 4.51. The molecule has 0 aliphatic heterocycles. The number of carbonyl (C=O) groups excluding carboxylic acids is 1. The molecule has 1 unspecified atom stereocenters. The number of hydroxylamine groups is 2. The first-order valence-corrected chi connectivity index (χ1v) is 12.6. The van der Waals surface area contributed by atoms with Crippen LogP contribution in [0, 0.1) is 5.92 Å². The van der Waals surface area contributed by atoms with Gasteiger partial charge in [-0.1, -0.05) is 42.5 Å². The second-order valence-corrected chi connectivity index (χ2v) is 8.98. The zero-order valence-corrected chi connectivity index (χ0v) is 22.7. The number of carboxylic acid groups (broad SMARTS) is 2. The van der Waals surface area contributed by atoms with Gasteiger partial charge in [0, 0.05) is 18.6 Å². The average Bonchev–Trinajstić information content (AvgIpc) is 2.97. The Bertz CT molecular complexity index is 1270. The van der Waals surface area contributed by atoms with Crippen molar-refractivity contribution < 1.29 is 43.6 Å². The van der Waals surface area contributed by atoms with Crippen molar-refractivity contribution in [3.63, 3.8) is 0 Å². The van der Waals surface area contributed by atoms with Gasteiger partial charge in [-0.15, -0.1) is 0 Å². The lowest BCUT2D eigenvalue weighted by Crippen LogP contribution is -2.32. The van der Waals surface area contributed by atoms with Crippen LogP contribution in [0.15, 0.2) is 66.7 Å². The molecule has 40 heavy (non-hydrogen) atoms. The van der Waals surface area contributed by atoms with Crippen molar-refractivity contribution in [1.82, 2.24) is 5.06 Å². The van der Waals surface area contributed by atoms with Crippen LogP contribution < -0.4 is 14.2 Å². The Kier molecular flexibility index (Phi) is 10.9. The van der Waals surface area contributed by atoms with Gasteiger partial charge in [-0.2, -0.15) is 0 Å². The second-order valence-electron chi connectivity index (χ2n) is 8.98. The molecule has 212 valence electrons. The zero-order valence-electron chi connectivity index (χ0n) is 22.7. The predicted octanol–water partition coefficient (Wildman–Crippen LogP) is 4.59. The molecule has 0 aliphatic carbocycles. The van der Waals surface area contributed by atoms with Crippen LogP contribution in [0.4, 0.5) is 0 Å². The molecule has 0 fully saturated rings. The molecule has 1 amide bonds. The Morgan fingerprint density at radius 3 is 1.98 bits per heavy atom. The van der Waals surface area contributed by atoms with E-state index in [1.807, 2.05) is 30.3 Å². The molecule has 0 saturated heterocycles. The summed E-state index contributed by atoms with van der Waals surface area (Å²) in [5.41, 5.74) is 2.18. The van der Waals surface area contributed by atoms with Gasteiger partial charge in [0.05, 0.1) is 44.9 Å². The van der Waals surface area contributed by atoms with Crippen molar-refractivity contribution in [2.45, 2.75) is 32.4 Å². The maximum absolute atomic E-state index is 13.4. The minimum atomic E-state index is -1.06. The summed E-state index contributed by atoms with van der Waals surface area (Å²) in [6.07, 6.45) is 0.101. The van der Waals surface area contributed by atoms with Gasteiger partial charge in [0.15, 0.2) is 0 Å². The van der Waals surface area contributed by atoms with Crippen molar-refractivity contribution in [2.24, 2.45) is 5.92 Å². The minimum Gasteiger partial charge on any atom is -0.496 e. The first-order valence-electron chi connectivity index (χ1n) is 12.6. The molecule has 10 nitrogen and oxygen atoms in total. The van der Waals surface area contributed by atoms with Gasteiger partial charge >= 0.3 is 11.9 Å². The number of carbonyl (C=O) groups is 3. The molecule has 0 saturated carbocycles. The van der Waals surface area contributed by atoms with Gasteiger partial charge in [0.2, 0.25) is 5.91 Å². The van der Waals surface area contributed by atoms with E-state index in [9.17, 15) is 19.5 Å². The van der Waals surface area contributed by atoms with E-state index in [1.165, 1.54) is 38.5 Å². The van der Waals surface area contributed by atoms with Crippen LogP contribution in [0.1, 0.15) is 39.9 Å². The number of aliphatic carboxylic acids is 1. The molecular weight excluding hydrogens is 518 g/mol. The molecule has 3 rings (SSSR count). The van der Waals surface area contributed by atoms with Crippen molar-refractivity contribution >= 4 is 17.8 Å². The van der Waals surface area contributed by atoms with E-state index in [0.717, 1.165) is 5.56 Å². The van der Waals surface area contributed by atoms with Gasteiger partial charge in [0.1, 0.15) is 23.9 Å². The van der Waals surface area contributed by atoms with E-state index < -0.39 is 23.8 Å². The molecule has 0 heterocycles. The third kappa shape index (κ3) is 8.21. The maximum Gasteiger partial charge on any atom is 0.335 e. The number of rotatable bonds is 15. The third-order valence-corrected chi connectivity index (χ3v) is 6.37. The summed E-state index contributed by atoms with van der Waals surface area (Å²) in [6, 6.07) is 18.7. The summed E-state index contributed by atoms with van der Waals surface area (Å²) in [4.78, 5) is 42.5. The van der Waals surface area contributed by atoms with Crippen molar-refractivity contribution in [3.05, 3.63) is 89.0 Å². The second kappa shape index (κ2) is 14.5. The first kappa shape index (κ1) is 30.0. The fourth-order valence-electron chi connectivity index (χ4n) is 4.11. The quantitative estimate of drug-likeness (QED) is 0.260. The minimum absolute atomic E-state index is 0.0175. The van der Waals surface area contributed by atoms with Crippen LogP contribution in [0.5, 0.6) is 17.2 Å². The number of benzene rings is 3. The van der Waals surface area contributed by atoms with Crippen LogP contribution in [-0.2, 0) is 34.0 Å². The van der Waals surface area contributed by atoms with E-state index in [0.29, 0.717) is 28.4 Å². The van der Waals surface area contributed by atoms with Crippen LogP contribution in [0.3, 0.4) is 0 Å². The fraction of sp³-hybridized carbons (Fsp3) is 0.300. The molecule has 0 aliphatic rings. The summed E-state index contributed by atoms with van der Waals surface area (Å²) in [5, 5.41) is 20.1. The van der Waals surface area contributed by atoms with Gasteiger partial charge in [-0.05, 0) is 36.1 Å². The van der Waals surface area contributed by atoms with Gasteiger partial charge in [-0.3, -0.25) is 14.4 Å². The van der Waals surface area contributed by atoms with E-state index in [-0.39, 0.29) is 38.0 Å². The number of hydrogen-bond acceptors (Lipinski definition) is 7. The highest BCUT2D eigenvalue weighted by Gasteiger charge is 2.25. The molecule has 0 radical (unpaired) electrons. The van der Waals surface area contributed by atoms with Crippen molar-refractivity contribution in [1.29, 1.82) is 0 Å². The van der Waals surface area contributed by atoms with Crippen LogP contribution >= 0.6 is 0 Å². The third-order valence-electron chi connectivity index (χ3n) is 6.37. The Balaban J connectivity index is 1.79. The summed E-state index contributed by atoms with van der Waals surface area (Å²) < 4.78 is 16.4. The molecule has 2 N–H and O–H groups in total. The smallest absolute Gasteiger partial charge is 0.335 e. The molecule has 10 heteroatoms. The number of amides is 1. The number of methoxy groups -OCH3 is 3. The summed E-state index contributed by atoms with van der Waals surface area (Å²) in [5.74, 6) is -2.00. The highest BCUT2D eigenvalue weighted by molar-refractivity contribution is 5.87. The van der Waals surface area contributed by atoms with Gasteiger partial charge < -0.3 is 24.4 Å². The predicted molar refractivity (Wildman–Crippen MR) is 145 cm³/mol. The number of nitrogens with zero attached hydrogens (tertiary/aromatic N) is 1. The lowest BCUT2D eigenvalue weighted by Gasteiger charge is -2.25. The molecule has 0 spiro atoms. The summed E-state index contributed by atoms with van der Waals surface area (Å²) in [6.45, 7) is 0.0993. The number of ether oxygens (including phenoxy) is 3. The van der Waals surface area contributed by atoms with Crippen LogP contribution in [0.25, 0.3) is 0 Å². The SMILES string of the molecule is COc1cc(OC)c(CN(OCc2ccccc2)C(=O)CCC(Cc2ccc(C(=O)O)cc2)C(=O)O)c(OC)c1. The molecule has 3 aromatic carbocycles. The first-order chi connectivity index (χ1) is 19.2. The topological polar surface area (TPSA) is 132 Å². The van der Waals surface area contributed by atoms with E-state index in [4.69, 9.17) is 24.2 Å². The Morgan fingerprint density at radius 1 is 0.825 bits per heavy atom. The fourth-order valence-corrected chi connectivity index (χ4v) is 4.11. The van der Waals surface area contributed by atoms with E-state index >= 15 is 0 Å². The molecule has 1 atom stereocenters. The van der Waals surface area contributed by atoms with E-state index in [1.54, 1.807) is 24.3 Å². The number of hydrogen-bond donors (Lipinski definition) is 2. The monoisotopic (exact) mass is 551 g/mol. The summed E-state index contributed by atoms with van der Waals surface area (Å²) >= 11 is 0. The van der Waals surface area contributed by atoms with Crippen molar-refractivity contribution in [2.75, 3.05) is 21.3 Å². The lowest BCUT2D eigenvalue weighted by atomic mass is 9.94. The van der Waals surface area contributed by atoms with E-state index in [2.05, 4.69) is 0 Å². The highest BCUT2D eigenvalue weighted by Crippen LogP contribution is 2.35. The normalized spacial score (nSPS) is 11.4. The number of aromatic carboxylic acids is 1. The van der Waals surface area contributed by atoms with Crippen LogP contribution in [-0.4, -0.2) is 54.5 Å². The standard InChI is InChI=1S/C30H33NO9/c1-37-24-16-26(38-2)25(27(17-24)39-3)18-31(40-19-21-7-5-4-6-8-21)28(32)14-13-23(30(35)36)15-20-9-11-22(12-10-20)29(33)34/h4-12,16-17,23H,13-15,18-19H2,1-3H3,(H,33,34)(H,35,36).